The minimum atomic E-state index is -0.355. The Labute approximate surface area is 370 Å². The maximum atomic E-state index is 4.98. The van der Waals surface area contributed by atoms with Crippen molar-refractivity contribution in [2.24, 2.45) is 0 Å². The fourth-order valence-electron chi connectivity index (χ4n) is 12.3. The van der Waals surface area contributed by atoms with Crippen molar-refractivity contribution in [2.45, 2.75) is 36.1 Å². The van der Waals surface area contributed by atoms with Crippen LogP contribution in [-0.4, -0.2) is 4.90 Å². The molecule has 63 heavy (non-hydrogen) atoms. The predicted molar refractivity (Wildman–Crippen MR) is 257 cm³/mol. The van der Waals surface area contributed by atoms with Gasteiger partial charge < -0.3 is 4.90 Å². The predicted octanol–water partition coefficient (Wildman–Crippen LogP) is 14.8. The molecule has 8 aromatic carbocycles. The molecule has 0 bridgehead atoms. The van der Waals surface area contributed by atoms with Crippen LogP contribution >= 0.6 is 0 Å². The molecule has 13 rings (SSSR count). The summed E-state index contributed by atoms with van der Waals surface area (Å²) in [5, 5.41) is 0. The first kappa shape index (κ1) is 36.0. The van der Waals surface area contributed by atoms with Gasteiger partial charge in [0, 0.05) is 28.7 Å². The lowest BCUT2D eigenvalue weighted by atomic mass is 9.70. The van der Waals surface area contributed by atoms with E-state index in [1.54, 1.807) is 0 Å². The maximum absolute atomic E-state index is 4.98. The fourth-order valence-corrected chi connectivity index (χ4v) is 12.3. The minimum absolute atomic E-state index is 0.0286. The number of fused-ring (bicyclic) bond motifs is 13. The van der Waals surface area contributed by atoms with Crippen LogP contribution < -0.4 is 0 Å². The molecule has 0 saturated carbocycles. The molecule has 3 aliphatic carbocycles. The van der Waals surface area contributed by atoms with Gasteiger partial charge in [0.25, 0.3) is 0 Å². The van der Waals surface area contributed by atoms with Crippen molar-refractivity contribution in [1.82, 2.24) is 4.90 Å². The summed E-state index contributed by atoms with van der Waals surface area (Å²) in [5.74, 6) is 0.160. The normalized spacial score (nSPS) is 19.6. The molecule has 0 aromatic heterocycles. The second-order valence-corrected chi connectivity index (χ2v) is 17.7. The van der Waals surface area contributed by atoms with E-state index in [2.05, 4.69) is 217 Å². The van der Waals surface area contributed by atoms with E-state index in [1.807, 2.05) is 6.07 Å². The monoisotopic (exact) mass is 801 g/mol. The molecule has 0 radical (unpaired) electrons. The molecule has 2 aliphatic heterocycles. The minimum Gasteiger partial charge on any atom is -0.336 e. The maximum Gasteiger partial charge on any atom is 0.0725 e. The molecule has 8 aromatic rings. The molecule has 1 spiro atoms. The lowest BCUT2D eigenvalue weighted by Gasteiger charge is -2.41. The average molecular weight is 802 g/mol. The lowest BCUT2D eigenvalue weighted by Crippen LogP contribution is -2.29. The largest absolute Gasteiger partial charge is 0.336 e. The summed E-state index contributed by atoms with van der Waals surface area (Å²) in [6.45, 7) is 4.98. The highest BCUT2D eigenvalue weighted by molar-refractivity contribution is 6.02. The number of hydrogen-bond donors (Lipinski definition) is 0. The van der Waals surface area contributed by atoms with Gasteiger partial charge in [-0.05, 0) is 115 Å². The standard InChI is InChI=1S/C62H43N/c1-40-57(42-19-5-2-6-20-42)59(43-21-7-3-8-22-43)61-52-29-12-11-28-51(52)58(60(63(40)61)45-23-9-4-10-24-45)44-35-33-41(34-36-44)46-37-38-50-49-27-15-18-32-55(49)62(56(50)39-46)53-30-16-13-25-47(53)48-26-14-17-31-54(48)62/h2-5,7-19,21-33,35,37-39,57,59,61H,1,34,36H2. The fraction of sp³-hybridized carbons (Fsp3) is 0.0968. The molecule has 1 nitrogen and oxygen atoms in total. The zero-order valence-electron chi connectivity index (χ0n) is 34.9. The molecule has 296 valence electrons. The highest BCUT2D eigenvalue weighted by atomic mass is 15.2. The summed E-state index contributed by atoms with van der Waals surface area (Å²) in [4.78, 5) is 2.60. The van der Waals surface area contributed by atoms with Crippen LogP contribution in [0.25, 0.3) is 39.1 Å². The van der Waals surface area contributed by atoms with Crippen molar-refractivity contribution in [3.63, 3.8) is 0 Å². The smallest absolute Gasteiger partial charge is 0.0725 e. The van der Waals surface area contributed by atoms with Crippen LogP contribution in [0.2, 0.25) is 0 Å². The molecule has 0 N–H and O–H groups in total. The van der Waals surface area contributed by atoms with Crippen molar-refractivity contribution in [3.05, 3.63) is 292 Å². The zero-order chi connectivity index (χ0) is 41.6. The van der Waals surface area contributed by atoms with E-state index in [4.69, 9.17) is 6.58 Å². The average Bonchev–Trinajstić information content (AvgIpc) is 3.95. The van der Waals surface area contributed by atoms with Gasteiger partial charge in [0.1, 0.15) is 0 Å². The Kier molecular flexibility index (Phi) is 7.97. The van der Waals surface area contributed by atoms with Crippen LogP contribution in [-0.2, 0) is 5.41 Å². The molecule has 1 fully saturated rings. The van der Waals surface area contributed by atoms with Crippen molar-refractivity contribution < 1.29 is 0 Å². The van der Waals surface area contributed by atoms with Crippen LogP contribution in [0.5, 0.6) is 0 Å². The SMILES string of the molecule is C=C1C(c2c#cccc2)C(c2ccccc2)C2c3ccccc3C(C3=CC=C(c4ccc5c(c4)C4(c6ccccc6-c6ccccc64)c4ccccc4-5)CC3)=C(c3ccccc3)N12. The third-order valence-electron chi connectivity index (χ3n) is 14.7. The Morgan fingerprint density at radius 2 is 1.08 bits per heavy atom. The molecule has 1 saturated heterocycles. The van der Waals surface area contributed by atoms with E-state index in [-0.39, 0.29) is 23.3 Å². The van der Waals surface area contributed by atoms with E-state index in [0.717, 1.165) is 24.1 Å². The zero-order valence-corrected chi connectivity index (χ0v) is 34.9. The molecular formula is C62H43N. The van der Waals surface area contributed by atoms with Gasteiger partial charge in [0.15, 0.2) is 0 Å². The molecule has 2 heterocycles. The van der Waals surface area contributed by atoms with Gasteiger partial charge in [-0.15, -0.1) is 0 Å². The molecule has 1 heteroatoms. The number of hydrogen-bond acceptors (Lipinski definition) is 1. The Bertz CT molecular complexity index is 3190. The van der Waals surface area contributed by atoms with Gasteiger partial charge in [-0.25, -0.2) is 0 Å². The van der Waals surface area contributed by atoms with Gasteiger partial charge >= 0.3 is 0 Å². The topological polar surface area (TPSA) is 3.24 Å². The summed E-state index contributed by atoms with van der Waals surface area (Å²) < 4.78 is 0. The summed E-state index contributed by atoms with van der Waals surface area (Å²) in [7, 11) is 0. The first-order valence-corrected chi connectivity index (χ1v) is 22.4. The molecule has 0 amide bonds. The number of nitrogens with zero attached hydrogens (tertiary/aromatic N) is 1. The van der Waals surface area contributed by atoms with Gasteiger partial charge in [0.05, 0.1) is 17.2 Å². The van der Waals surface area contributed by atoms with E-state index in [0.29, 0.717) is 0 Å². The van der Waals surface area contributed by atoms with Crippen LogP contribution in [0, 0.1) is 12.1 Å². The highest BCUT2D eigenvalue weighted by Crippen LogP contribution is 2.65. The quantitative estimate of drug-likeness (QED) is 0.168. The van der Waals surface area contributed by atoms with Crippen molar-refractivity contribution in [3.8, 4) is 22.3 Å². The summed E-state index contributed by atoms with van der Waals surface area (Å²) in [5.41, 5.74) is 24.5. The van der Waals surface area contributed by atoms with Crippen LogP contribution in [0.3, 0.4) is 0 Å². The third-order valence-corrected chi connectivity index (χ3v) is 14.7. The third kappa shape index (κ3) is 5.07. The van der Waals surface area contributed by atoms with Crippen LogP contribution in [0.4, 0.5) is 0 Å². The second kappa shape index (κ2) is 13.9. The first-order chi connectivity index (χ1) is 31.2. The molecule has 3 unspecified atom stereocenters. The number of allylic oxidation sites excluding steroid dienone is 6. The highest BCUT2D eigenvalue weighted by Gasteiger charge is 2.53. The van der Waals surface area contributed by atoms with Gasteiger partial charge in [-0.2, -0.15) is 0 Å². The van der Waals surface area contributed by atoms with Gasteiger partial charge in [-0.3, -0.25) is 0 Å². The summed E-state index contributed by atoms with van der Waals surface area (Å²) >= 11 is 0. The summed E-state index contributed by atoms with van der Waals surface area (Å²) in [6, 6.07) is 78.9. The van der Waals surface area contributed by atoms with E-state index in [1.165, 1.54) is 94.7 Å². The van der Waals surface area contributed by atoms with Crippen LogP contribution in [0.15, 0.2) is 224 Å². The Morgan fingerprint density at radius 3 is 1.71 bits per heavy atom. The lowest BCUT2D eigenvalue weighted by molar-refractivity contribution is 0.388. The Hall–Kier alpha value is -7.66. The Morgan fingerprint density at radius 1 is 0.508 bits per heavy atom. The second-order valence-electron chi connectivity index (χ2n) is 17.7. The van der Waals surface area contributed by atoms with E-state index < -0.39 is 0 Å². The number of rotatable bonds is 5. The van der Waals surface area contributed by atoms with Crippen molar-refractivity contribution >= 4 is 16.8 Å². The van der Waals surface area contributed by atoms with E-state index in [9.17, 15) is 0 Å². The molecular weight excluding hydrogens is 759 g/mol. The number of benzene rings is 7. The van der Waals surface area contributed by atoms with Gasteiger partial charge in [-0.1, -0.05) is 207 Å². The van der Waals surface area contributed by atoms with Gasteiger partial charge in [0.2, 0.25) is 0 Å². The van der Waals surface area contributed by atoms with Crippen molar-refractivity contribution in [2.75, 3.05) is 0 Å². The molecule has 3 atom stereocenters. The summed E-state index contributed by atoms with van der Waals surface area (Å²) in [6.07, 6.45) is 6.72. The first-order valence-electron chi connectivity index (χ1n) is 22.4. The molecule has 5 aliphatic rings. The van der Waals surface area contributed by atoms with E-state index >= 15 is 0 Å². The van der Waals surface area contributed by atoms with Crippen LogP contribution in [0.1, 0.15) is 86.4 Å². The Balaban J connectivity index is 0.981. The van der Waals surface area contributed by atoms with Crippen molar-refractivity contribution in [1.29, 1.82) is 0 Å².